The highest BCUT2D eigenvalue weighted by Crippen LogP contribution is 2.54. The lowest BCUT2D eigenvalue weighted by Gasteiger charge is -2.40. The zero-order valence-corrected chi connectivity index (χ0v) is 17.8. The van der Waals surface area contributed by atoms with Crippen LogP contribution in [-0.4, -0.2) is 28.2 Å². The van der Waals surface area contributed by atoms with Crippen LogP contribution in [0, 0.1) is 17.3 Å². The first-order valence-electron chi connectivity index (χ1n) is 9.38. The van der Waals surface area contributed by atoms with Gasteiger partial charge in [-0.15, -0.1) is 0 Å². The molecule has 3 rings (SSSR count). The maximum absolute atomic E-state index is 12.7. The molecule has 2 aliphatic rings. The molecule has 0 heterocycles. The summed E-state index contributed by atoms with van der Waals surface area (Å²) in [7, 11) is 0. The van der Waals surface area contributed by atoms with Crippen molar-refractivity contribution >= 4 is 40.1 Å². The summed E-state index contributed by atoms with van der Waals surface area (Å²) in [6.45, 7) is 7.77. The summed E-state index contributed by atoms with van der Waals surface area (Å²) in [4.78, 5) is 25.1. The highest BCUT2D eigenvalue weighted by atomic mass is 32.2. The van der Waals surface area contributed by atoms with Gasteiger partial charge < -0.3 is 9.47 Å². The van der Waals surface area contributed by atoms with E-state index in [1.165, 1.54) is 22.9 Å². The number of Topliss-reactive ketones (excluding diaryl/α,β-unsaturated/α-hetero) is 1. The molecule has 0 aromatic heterocycles. The zero-order valence-electron chi connectivity index (χ0n) is 16.2. The van der Waals surface area contributed by atoms with Crippen LogP contribution in [0.3, 0.4) is 0 Å². The third-order valence-electron chi connectivity index (χ3n) is 5.24. The Morgan fingerprint density at radius 2 is 2.04 bits per heavy atom. The van der Waals surface area contributed by atoms with Gasteiger partial charge in [0.1, 0.15) is 5.78 Å². The van der Waals surface area contributed by atoms with Gasteiger partial charge in [0.25, 0.3) is 0 Å². The Hall–Kier alpha value is -1.40. The van der Waals surface area contributed by atoms with Crippen molar-refractivity contribution in [2.75, 3.05) is 6.61 Å². The lowest BCUT2D eigenvalue weighted by atomic mass is 9.62. The second-order valence-corrected chi connectivity index (χ2v) is 9.93. The Labute approximate surface area is 170 Å². The van der Waals surface area contributed by atoms with Crippen LogP contribution in [0.4, 0.5) is 0 Å². The molecular formula is C21H26O4S2. The van der Waals surface area contributed by atoms with Gasteiger partial charge in [-0.1, -0.05) is 24.3 Å². The lowest BCUT2D eigenvalue weighted by Crippen LogP contribution is -2.45. The average molecular weight is 407 g/mol. The molecule has 1 aromatic rings. The number of fused-ring (bicyclic) bond motifs is 3. The van der Waals surface area contributed by atoms with Crippen molar-refractivity contribution in [2.45, 2.75) is 51.9 Å². The number of esters is 1. The van der Waals surface area contributed by atoms with Gasteiger partial charge in [-0.2, -0.15) is 0 Å². The van der Waals surface area contributed by atoms with Crippen LogP contribution >= 0.6 is 24.0 Å². The molecular weight excluding hydrogens is 380 g/mol. The van der Waals surface area contributed by atoms with E-state index < -0.39 is 10.9 Å². The fraction of sp³-hybridized carbons (Fsp3) is 0.571. The number of ether oxygens (including phenoxy) is 2. The average Bonchev–Trinajstić information content (AvgIpc) is 2.94. The molecule has 27 heavy (non-hydrogen) atoms. The largest absolute Gasteiger partial charge is 0.479 e. The summed E-state index contributed by atoms with van der Waals surface area (Å²) in [5.41, 5.74) is 1.41. The molecule has 0 radical (unpaired) electrons. The quantitative estimate of drug-likeness (QED) is 0.408. The van der Waals surface area contributed by atoms with E-state index in [4.69, 9.17) is 21.7 Å². The number of ketones is 1. The normalized spacial score (nSPS) is 24.4. The predicted octanol–water partition coefficient (Wildman–Crippen LogP) is 4.50. The second kappa shape index (κ2) is 7.92. The minimum Gasteiger partial charge on any atom is -0.479 e. The first-order valence-corrected chi connectivity index (χ1v) is 10.7. The van der Waals surface area contributed by atoms with Gasteiger partial charge in [-0.25, -0.2) is 0 Å². The topological polar surface area (TPSA) is 52.6 Å². The van der Waals surface area contributed by atoms with Crippen LogP contribution in [0.15, 0.2) is 24.3 Å². The third kappa shape index (κ3) is 4.21. The molecule has 2 aliphatic carbocycles. The van der Waals surface area contributed by atoms with E-state index in [1.54, 1.807) is 0 Å². The van der Waals surface area contributed by atoms with E-state index in [-0.39, 0.29) is 29.5 Å². The van der Waals surface area contributed by atoms with Gasteiger partial charge >= 0.3 is 5.97 Å². The summed E-state index contributed by atoms with van der Waals surface area (Å²) in [5.74, 6) is 0.153. The van der Waals surface area contributed by atoms with Crippen LogP contribution in [0.5, 0.6) is 0 Å². The Bertz CT molecular complexity index is 753. The predicted molar refractivity (Wildman–Crippen MR) is 111 cm³/mol. The molecule has 4 nitrogen and oxygen atoms in total. The second-order valence-electron chi connectivity index (χ2n) is 8.17. The van der Waals surface area contributed by atoms with Crippen molar-refractivity contribution < 1.29 is 19.1 Å². The molecule has 0 amide bonds. The fourth-order valence-corrected chi connectivity index (χ4v) is 5.16. The molecule has 0 saturated heterocycles. The molecule has 0 N–H and O–H groups in total. The number of rotatable bonds is 5. The fourth-order valence-electron chi connectivity index (χ4n) is 3.88. The number of benzene rings is 1. The van der Waals surface area contributed by atoms with E-state index in [2.05, 4.69) is 12.1 Å². The van der Waals surface area contributed by atoms with E-state index >= 15 is 0 Å². The first kappa shape index (κ1) is 20.3. The Balaban J connectivity index is 1.74. The summed E-state index contributed by atoms with van der Waals surface area (Å²) < 4.78 is 11.4. The Morgan fingerprint density at radius 1 is 1.33 bits per heavy atom. The van der Waals surface area contributed by atoms with Gasteiger partial charge in [-0.05, 0) is 69.2 Å². The van der Waals surface area contributed by atoms with Crippen molar-refractivity contribution in [3.8, 4) is 0 Å². The minimum atomic E-state index is -0.613. The number of hydrogen-bond acceptors (Lipinski definition) is 6. The summed E-state index contributed by atoms with van der Waals surface area (Å²) in [6.07, 6.45) is 1.29. The van der Waals surface area contributed by atoms with Crippen LogP contribution in [0.2, 0.25) is 0 Å². The summed E-state index contributed by atoms with van der Waals surface area (Å²) in [5, 5.41) is 0. The van der Waals surface area contributed by atoms with Crippen molar-refractivity contribution in [2.24, 2.45) is 17.3 Å². The smallest absolute Gasteiger partial charge is 0.312 e. The van der Waals surface area contributed by atoms with Gasteiger partial charge in [0, 0.05) is 24.2 Å². The molecule has 0 aliphatic heterocycles. The minimum absolute atomic E-state index is 0.0789. The van der Waals surface area contributed by atoms with Gasteiger partial charge in [0.2, 0.25) is 4.38 Å². The standard InChI is InChI=1S/C21H26O4S2/c1-5-24-20(26)27-16(25-19(23)21(2,3)4)11-15-17-13-9-7-6-8-12(13)10-14(17)18(15)22/h6-9,14-17H,5,10-11H2,1-4H3/t14-,15?,16?,17+/m1/s1. The molecule has 4 atom stereocenters. The zero-order chi connectivity index (χ0) is 19.8. The molecule has 0 spiro atoms. The molecule has 6 heteroatoms. The number of hydrogen-bond donors (Lipinski definition) is 0. The number of thioether (sulfide) groups is 1. The molecule has 1 fully saturated rings. The molecule has 146 valence electrons. The van der Waals surface area contributed by atoms with Crippen LogP contribution in [-0.2, 0) is 25.5 Å². The van der Waals surface area contributed by atoms with E-state index in [1.807, 2.05) is 39.8 Å². The van der Waals surface area contributed by atoms with Crippen LogP contribution < -0.4 is 0 Å². The van der Waals surface area contributed by atoms with E-state index in [9.17, 15) is 9.59 Å². The van der Waals surface area contributed by atoms with Gasteiger partial charge in [0.05, 0.1) is 12.0 Å². The van der Waals surface area contributed by atoms with Crippen molar-refractivity contribution in [1.29, 1.82) is 0 Å². The monoisotopic (exact) mass is 406 g/mol. The molecule has 1 saturated carbocycles. The molecule has 2 unspecified atom stereocenters. The Morgan fingerprint density at radius 3 is 2.70 bits per heavy atom. The highest BCUT2D eigenvalue weighted by molar-refractivity contribution is 8.22. The van der Waals surface area contributed by atoms with Gasteiger partial charge in [-0.3, -0.25) is 9.59 Å². The highest BCUT2D eigenvalue weighted by Gasteiger charge is 2.54. The van der Waals surface area contributed by atoms with Crippen molar-refractivity contribution in [3.63, 3.8) is 0 Å². The van der Waals surface area contributed by atoms with Crippen molar-refractivity contribution in [1.82, 2.24) is 0 Å². The Kier molecular flexibility index (Phi) is 5.96. The summed E-state index contributed by atoms with van der Waals surface area (Å²) in [6, 6.07) is 8.27. The number of carbonyl (C=O) groups is 2. The van der Waals surface area contributed by atoms with Crippen LogP contribution in [0.1, 0.15) is 51.2 Å². The third-order valence-corrected chi connectivity index (χ3v) is 6.51. The van der Waals surface area contributed by atoms with E-state index in [0.29, 0.717) is 17.4 Å². The number of carbonyl (C=O) groups excluding carboxylic acids is 2. The van der Waals surface area contributed by atoms with E-state index in [0.717, 1.165) is 6.42 Å². The van der Waals surface area contributed by atoms with Gasteiger partial charge in [0.15, 0.2) is 5.44 Å². The lowest BCUT2D eigenvalue weighted by molar-refractivity contribution is -0.156. The van der Waals surface area contributed by atoms with Crippen LogP contribution in [0.25, 0.3) is 0 Å². The molecule has 0 bridgehead atoms. The number of thiocarbonyl (C=S) groups is 1. The molecule has 1 aromatic carbocycles. The van der Waals surface area contributed by atoms with Crippen molar-refractivity contribution in [3.05, 3.63) is 35.4 Å². The maximum atomic E-state index is 12.7. The SMILES string of the molecule is CCOC(=S)SC(CC1C(=O)[C@@H]2Cc3ccccc3[C@H]12)OC(=O)C(C)(C)C. The summed E-state index contributed by atoms with van der Waals surface area (Å²) >= 11 is 6.46. The first-order chi connectivity index (χ1) is 12.7. The maximum Gasteiger partial charge on any atom is 0.312 e.